The molecule has 33 heavy (non-hydrogen) atoms. The molecule has 2 amide bonds. The Labute approximate surface area is 189 Å². The van der Waals surface area contributed by atoms with Gasteiger partial charge in [-0.25, -0.2) is 17.9 Å². The van der Waals surface area contributed by atoms with Gasteiger partial charge in [0, 0.05) is 19.3 Å². The smallest absolute Gasteiger partial charge is 0.331 e. The summed E-state index contributed by atoms with van der Waals surface area (Å²) in [6.45, 7) is -0.606. The minimum absolute atomic E-state index is 0.0210. The molecule has 0 spiro atoms. The highest BCUT2D eigenvalue weighted by molar-refractivity contribution is 7.89. The molecule has 0 unspecified atom stereocenters. The van der Waals surface area contributed by atoms with E-state index in [0.717, 1.165) is 6.08 Å². The topological polar surface area (TPSA) is 137 Å². The maximum Gasteiger partial charge on any atom is 0.331 e. The molecule has 0 radical (unpaired) electrons. The Morgan fingerprint density at radius 1 is 1.09 bits per heavy atom. The summed E-state index contributed by atoms with van der Waals surface area (Å²) in [7, 11) is -2.07. The van der Waals surface area contributed by atoms with Crippen LogP contribution in [0.25, 0.3) is 6.08 Å². The predicted molar refractivity (Wildman–Crippen MR) is 117 cm³/mol. The molecule has 0 saturated heterocycles. The van der Waals surface area contributed by atoms with Gasteiger partial charge in [0.25, 0.3) is 11.8 Å². The van der Waals surface area contributed by atoms with E-state index in [-0.39, 0.29) is 17.1 Å². The Hall–Kier alpha value is -3.96. The van der Waals surface area contributed by atoms with Crippen LogP contribution in [0.1, 0.15) is 21.8 Å². The molecule has 3 rings (SSSR count). The third-order valence-corrected chi connectivity index (χ3v) is 5.81. The first-order valence-electron chi connectivity index (χ1n) is 9.67. The van der Waals surface area contributed by atoms with Crippen LogP contribution in [0.4, 0.5) is 0 Å². The Kier molecular flexibility index (Phi) is 7.59. The third-order valence-electron chi connectivity index (χ3n) is 4.39. The van der Waals surface area contributed by atoms with Crippen LogP contribution in [0.15, 0.2) is 76.4 Å². The van der Waals surface area contributed by atoms with Gasteiger partial charge in [0.05, 0.1) is 17.7 Å². The summed E-state index contributed by atoms with van der Waals surface area (Å²) in [6, 6.07) is 12.3. The van der Waals surface area contributed by atoms with Crippen molar-refractivity contribution in [3.63, 3.8) is 0 Å². The zero-order valence-corrected chi connectivity index (χ0v) is 18.4. The largest absolute Gasteiger partial charge is 0.468 e. The first kappa shape index (κ1) is 23.7. The van der Waals surface area contributed by atoms with Gasteiger partial charge in [-0.1, -0.05) is 12.1 Å². The molecule has 0 bridgehead atoms. The maximum absolute atomic E-state index is 12.3. The monoisotopic (exact) mass is 471 g/mol. The SMILES string of the molecule is Cn1cccc1C(=O)NC(=O)COC(=O)/C=C/c1ccc(S(=O)(=O)NCc2ccco2)cc1. The van der Waals surface area contributed by atoms with Crippen molar-refractivity contribution in [2.75, 3.05) is 6.61 Å². The van der Waals surface area contributed by atoms with E-state index in [1.54, 1.807) is 42.1 Å². The molecular weight excluding hydrogens is 450 g/mol. The van der Waals surface area contributed by atoms with E-state index in [1.807, 2.05) is 0 Å². The first-order chi connectivity index (χ1) is 15.7. The molecule has 0 atom stereocenters. The van der Waals surface area contributed by atoms with Gasteiger partial charge < -0.3 is 13.7 Å². The zero-order chi connectivity index (χ0) is 23.8. The van der Waals surface area contributed by atoms with E-state index in [9.17, 15) is 22.8 Å². The molecule has 0 aliphatic carbocycles. The highest BCUT2D eigenvalue weighted by Crippen LogP contribution is 2.12. The molecule has 3 aromatic rings. The van der Waals surface area contributed by atoms with Crippen LogP contribution in [-0.2, 0) is 37.9 Å². The number of sulfonamides is 1. The fourth-order valence-electron chi connectivity index (χ4n) is 2.69. The highest BCUT2D eigenvalue weighted by atomic mass is 32.2. The molecule has 10 nitrogen and oxygen atoms in total. The summed E-state index contributed by atoms with van der Waals surface area (Å²) in [5, 5.41) is 2.12. The lowest BCUT2D eigenvalue weighted by atomic mass is 10.2. The number of nitrogens with zero attached hydrogens (tertiary/aromatic N) is 1. The number of benzene rings is 1. The van der Waals surface area contributed by atoms with Gasteiger partial charge in [-0.15, -0.1) is 0 Å². The van der Waals surface area contributed by atoms with E-state index in [2.05, 4.69) is 10.0 Å². The molecule has 1 aromatic carbocycles. The van der Waals surface area contributed by atoms with Crippen molar-refractivity contribution in [1.29, 1.82) is 0 Å². The molecule has 2 N–H and O–H groups in total. The van der Waals surface area contributed by atoms with Crippen LogP contribution in [0, 0.1) is 0 Å². The van der Waals surface area contributed by atoms with Crippen molar-refractivity contribution in [3.8, 4) is 0 Å². The Morgan fingerprint density at radius 3 is 2.48 bits per heavy atom. The van der Waals surface area contributed by atoms with Crippen LogP contribution in [0.3, 0.4) is 0 Å². The molecule has 0 saturated carbocycles. The molecule has 0 aliphatic heterocycles. The molecule has 2 heterocycles. The second-order valence-electron chi connectivity index (χ2n) is 6.80. The number of amides is 2. The number of nitrogens with one attached hydrogen (secondary N) is 2. The van der Waals surface area contributed by atoms with Gasteiger partial charge in [0.15, 0.2) is 6.61 Å². The van der Waals surface area contributed by atoms with Gasteiger partial charge in [-0.05, 0) is 48.0 Å². The molecule has 0 fully saturated rings. The summed E-state index contributed by atoms with van der Waals surface area (Å²) < 4.78 is 38.5. The number of carbonyl (C=O) groups is 3. The number of aryl methyl sites for hydroxylation is 1. The average Bonchev–Trinajstić information content (AvgIpc) is 3.47. The zero-order valence-electron chi connectivity index (χ0n) is 17.6. The van der Waals surface area contributed by atoms with Crippen molar-refractivity contribution in [1.82, 2.24) is 14.6 Å². The van der Waals surface area contributed by atoms with Gasteiger partial charge >= 0.3 is 5.97 Å². The molecule has 2 aromatic heterocycles. The van der Waals surface area contributed by atoms with Crippen LogP contribution in [0.2, 0.25) is 0 Å². The standard InChI is InChI=1S/C22H21N3O7S/c1-25-12-2-5-19(25)22(28)24-20(26)15-32-21(27)11-8-16-6-9-18(10-7-16)33(29,30)23-14-17-4-3-13-31-17/h2-13,23H,14-15H2,1H3,(H,24,26,28)/b11-8+. The fraction of sp³-hybridized carbons (Fsp3) is 0.136. The number of esters is 1. The summed E-state index contributed by atoms with van der Waals surface area (Å²) >= 11 is 0. The van der Waals surface area contributed by atoms with E-state index in [0.29, 0.717) is 11.3 Å². The van der Waals surface area contributed by atoms with Crippen molar-refractivity contribution < 1.29 is 32.0 Å². The lowest BCUT2D eigenvalue weighted by Crippen LogP contribution is -2.34. The van der Waals surface area contributed by atoms with Gasteiger partial charge in [0.1, 0.15) is 11.5 Å². The average molecular weight is 471 g/mol. The van der Waals surface area contributed by atoms with E-state index in [1.165, 1.54) is 36.6 Å². The van der Waals surface area contributed by atoms with Crippen molar-refractivity contribution >= 4 is 33.9 Å². The Morgan fingerprint density at radius 2 is 1.85 bits per heavy atom. The van der Waals surface area contributed by atoms with E-state index < -0.39 is 34.4 Å². The van der Waals surface area contributed by atoms with Crippen molar-refractivity contribution in [3.05, 3.63) is 84.1 Å². The second kappa shape index (κ2) is 10.6. The first-order valence-corrected chi connectivity index (χ1v) is 11.2. The molecular formula is C22H21N3O7S. The van der Waals surface area contributed by atoms with Crippen molar-refractivity contribution in [2.45, 2.75) is 11.4 Å². The Balaban J connectivity index is 1.47. The number of furan rings is 1. The van der Waals surface area contributed by atoms with Gasteiger partial charge in [-0.3, -0.25) is 14.9 Å². The van der Waals surface area contributed by atoms with Crippen molar-refractivity contribution in [2.24, 2.45) is 7.05 Å². The fourth-order valence-corrected chi connectivity index (χ4v) is 3.69. The maximum atomic E-state index is 12.3. The second-order valence-corrected chi connectivity index (χ2v) is 8.56. The van der Waals surface area contributed by atoms with Crippen LogP contribution < -0.4 is 10.0 Å². The number of imide groups is 1. The van der Waals surface area contributed by atoms with E-state index >= 15 is 0 Å². The molecule has 172 valence electrons. The summed E-state index contributed by atoms with van der Waals surface area (Å²) in [4.78, 5) is 35.6. The number of hydrogen-bond acceptors (Lipinski definition) is 7. The van der Waals surface area contributed by atoms with Gasteiger partial charge in [-0.2, -0.15) is 0 Å². The number of carbonyl (C=O) groups excluding carboxylic acids is 3. The van der Waals surface area contributed by atoms with Crippen LogP contribution >= 0.6 is 0 Å². The molecule has 11 heteroatoms. The number of rotatable bonds is 9. The van der Waals surface area contributed by atoms with E-state index in [4.69, 9.17) is 9.15 Å². The summed E-state index contributed by atoms with van der Waals surface area (Å²) in [5.41, 5.74) is 0.830. The number of aromatic nitrogens is 1. The lowest BCUT2D eigenvalue weighted by molar-refractivity contribution is -0.143. The highest BCUT2D eigenvalue weighted by Gasteiger charge is 2.15. The summed E-state index contributed by atoms with van der Waals surface area (Å²) in [6.07, 6.45) is 5.60. The number of hydrogen-bond donors (Lipinski definition) is 2. The molecule has 0 aliphatic rings. The van der Waals surface area contributed by atoms with Crippen LogP contribution in [0.5, 0.6) is 0 Å². The summed E-state index contributed by atoms with van der Waals surface area (Å²) in [5.74, 6) is -1.68. The quantitative estimate of drug-likeness (QED) is 0.357. The number of ether oxygens (including phenoxy) is 1. The lowest BCUT2D eigenvalue weighted by Gasteiger charge is -2.06. The minimum atomic E-state index is -3.73. The normalized spacial score (nSPS) is 11.4. The minimum Gasteiger partial charge on any atom is -0.468 e. The Bertz CT molecular complexity index is 1260. The van der Waals surface area contributed by atoms with Crippen LogP contribution in [-0.4, -0.2) is 37.4 Å². The van der Waals surface area contributed by atoms with Gasteiger partial charge in [0.2, 0.25) is 10.0 Å². The predicted octanol–water partition coefficient (Wildman–Crippen LogP) is 1.61. The third kappa shape index (κ3) is 6.76.